The first-order chi connectivity index (χ1) is 14.0. The highest BCUT2D eigenvalue weighted by atomic mass is 19.1. The standard InChI is InChI=1S/C21H19FN4O3/c1-13-11-18(19(27)23-12-15-5-3-4-6-17(15)22)26-21(24-13)25-16-9-7-14(8-10-16)20(28)29-2/h3-11H,12H2,1-2H3,(H,23,27)(H,24,25,26). The van der Waals surface area contributed by atoms with Crippen LogP contribution in [0.25, 0.3) is 0 Å². The summed E-state index contributed by atoms with van der Waals surface area (Å²) in [6.07, 6.45) is 0. The summed E-state index contributed by atoms with van der Waals surface area (Å²) in [4.78, 5) is 32.4. The highest BCUT2D eigenvalue weighted by molar-refractivity contribution is 5.92. The Hall–Kier alpha value is -3.81. The van der Waals surface area contributed by atoms with E-state index < -0.39 is 11.9 Å². The number of anilines is 2. The van der Waals surface area contributed by atoms with Crippen LogP contribution in [0.1, 0.15) is 32.1 Å². The number of aryl methyl sites for hydroxylation is 1. The number of benzene rings is 2. The fourth-order valence-corrected chi connectivity index (χ4v) is 2.59. The van der Waals surface area contributed by atoms with Gasteiger partial charge < -0.3 is 15.4 Å². The van der Waals surface area contributed by atoms with E-state index in [1.807, 2.05) is 0 Å². The number of nitrogens with one attached hydrogen (secondary N) is 2. The van der Waals surface area contributed by atoms with E-state index in [9.17, 15) is 14.0 Å². The van der Waals surface area contributed by atoms with Crippen LogP contribution < -0.4 is 10.6 Å². The molecule has 148 valence electrons. The van der Waals surface area contributed by atoms with Gasteiger partial charge in [0.1, 0.15) is 11.5 Å². The zero-order valence-electron chi connectivity index (χ0n) is 15.9. The van der Waals surface area contributed by atoms with Crippen molar-refractivity contribution < 1.29 is 18.7 Å². The molecule has 2 N–H and O–H groups in total. The number of hydrogen-bond donors (Lipinski definition) is 2. The van der Waals surface area contributed by atoms with Crippen LogP contribution in [0.15, 0.2) is 54.6 Å². The molecule has 1 aromatic heterocycles. The van der Waals surface area contributed by atoms with Crippen LogP contribution in [0.4, 0.5) is 16.0 Å². The molecule has 0 aliphatic heterocycles. The van der Waals surface area contributed by atoms with E-state index in [1.54, 1.807) is 55.5 Å². The van der Waals surface area contributed by atoms with Crippen molar-refractivity contribution in [1.82, 2.24) is 15.3 Å². The van der Waals surface area contributed by atoms with Gasteiger partial charge in [0, 0.05) is 23.5 Å². The Kier molecular flexibility index (Phi) is 6.13. The maximum absolute atomic E-state index is 13.7. The molecule has 0 fully saturated rings. The quantitative estimate of drug-likeness (QED) is 0.623. The van der Waals surface area contributed by atoms with Gasteiger partial charge in [0.15, 0.2) is 0 Å². The number of halogens is 1. The van der Waals surface area contributed by atoms with Crippen molar-refractivity contribution in [2.45, 2.75) is 13.5 Å². The Labute approximate surface area is 167 Å². The highest BCUT2D eigenvalue weighted by Gasteiger charge is 2.12. The monoisotopic (exact) mass is 394 g/mol. The van der Waals surface area contributed by atoms with Crippen LogP contribution in [-0.2, 0) is 11.3 Å². The largest absolute Gasteiger partial charge is 0.465 e. The number of rotatable bonds is 6. The number of ether oxygens (including phenoxy) is 1. The van der Waals surface area contributed by atoms with Crippen molar-refractivity contribution in [3.63, 3.8) is 0 Å². The van der Waals surface area contributed by atoms with Crippen molar-refractivity contribution in [2.24, 2.45) is 0 Å². The van der Waals surface area contributed by atoms with Gasteiger partial charge in [0.2, 0.25) is 5.95 Å². The van der Waals surface area contributed by atoms with Crippen molar-refractivity contribution in [3.8, 4) is 0 Å². The highest BCUT2D eigenvalue weighted by Crippen LogP contribution is 2.16. The predicted molar refractivity (Wildman–Crippen MR) is 105 cm³/mol. The van der Waals surface area contributed by atoms with E-state index >= 15 is 0 Å². The second kappa shape index (κ2) is 8.92. The van der Waals surface area contributed by atoms with Crippen LogP contribution in [0.3, 0.4) is 0 Å². The molecule has 8 heteroatoms. The van der Waals surface area contributed by atoms with Gasteiger partial charge in [-0.25, -0.2) is 19.2 Å². The summed E-state index contributed by atoms with van der Waals surface area (Å²) in [5.74, 6) is -1.03. The Morgan fingerprint density at radius 3 is 2.48 bits per heavy atom. The van der Waals surface area contributed by atoms with Crippen molar-refractivity contribution in [3.05, 3.63) is 82.9 Å². The second-order valence-electron chi connectivity index (χ2n) is 6.19. The van der Waals surface area contributed by atoms with Crippen molar-refractivity contribution in [2.75, 3.05) is 12.4 Å². The first-order valence-electron chi connectivity index (χ1n) is 8.79. The number of nitrogens with zero attached hydrogens (tertiary/aromatic N) is 2. The third-order valence-corrected chi connectivity index (χ3v) is 4.05. The number of amides is 1. The molecule has 0 aliphatic carbocycles. The summed E-state index contributed by atoms with van der Waals surface area (Å²) in [6.45, 7) is 1.78. The molecule has 2 aromatic carbocycles. The fraction of sp³-hybridized carbons (Fsp3) is 0.143. The van der Waals surface area contributed by atoms with Gasteiger partial charge in [-0.3, -0.25) is 4.79 Å². The lowest BCUT2D eigenvalue weighted by Crippen LogP contribution is -2.25. The Morgan fingerprint density at radius 1 is 1.07 bits per heavy atom. The molecule has 0 radical (unpaired) electrons. The average molecular weight is 394 g/mol. The zero-order chi connectivity index (χ0) is 20.8. The van der Waals surface area contributed by atoms with E-state index in [-0.39, 0.29) is 24.0 Å². The van der Waals surface area contributed by atoms with Gasteiger partial charge in [-0.1, -0.05) is 18.2 Å². The summed E-state index contributed by atoms with van der Waals surface area (Å²) in [6, 6.07) is 14.3. The van der Waals surface area contributed by atoms with Crippen LogP contribution in [-0.4, -0.2) is 29.0 Å². The minimum Gasteiger partial charge on any atom is -0.465 e. The number of carbonyl (C=O) groups excluding carboxylic acids is 2. The average Bonchev–Trinajstić information content (AvgIpc) is 2.72. The molecule has 0 saturated heterocycles. The van der Waals surface area contributed by atoms with E-state index in [2.05, 4.69) is 25.3 Å². The summed E-state index contributed by atoms with van der Waals surface area (Å²) < 4.78 is 18.4. The smallest absolute Gasteiger partial charge is 0.337 e. The minimum atomic E-state index is -0.442. The summed E-state index contributed by atoms with van der Waals surface area (Å²) in [5, 5.41) is 5.65. The molecule has 29 heavy (non-hydrogen) atoms. The van der Waals surface area contributed by atoms with Gasteiger partial charge >= 0.3 is 5.97 Å². The van der Waals surface area contributed by atoms with Gasteiger partial charge in [-0.05, 0) is 43.3 Å². The molecule has 0 bridgehead atoms. The third-order valence-electron chi connectivity index (χ3n) is 4.05. The Morgan fingerprint density at radius 2 is 1.79 bits per heavy atom. The maximum Gasteiger partial charge on any atom is 0.337 e. The molecule has 0 unspecified atom stereocenters. The molecule has 1 heterocycles. The first kappa shape index (κ1) is 19.9. The van der Waals surface area contributed by atoms with Crippen LogP contribution in [0, 0.1) is 12.7 Å². The van der Waals surface area contributed by atoms with Crippen LogP contribution >= 0.6 is 0 Å². The lowest BCUT2D eigenvalue weighted by atomic mass is 10.2. The summed E-state index contributed by atoms with van der Waals surface area (Å²) >= 11 is 0. The van der Waals surface area contributed by atoms with Crippen LogP contribution in [0.2, 0.25) is 0 Å². The van der Waals surface area contributed by atoms with Crippen molar-refractivity contribution in [1.29, 1.82) is 0 Å². The molecule has 0 aliphatic rings. The zero-order valence-corrected chi connectivity index (χ0v) is 15.9. The Bertz CT molecular complexity index is 1040. The number of carbonyl (C=O) groups is 2. The maximum atomic E-state index is 13.7. The fourth-order valence-electron chi connectivity index (χ4n) is 2.59. The molecular weight excluding hydrogens is 375 g/mol. The topological polar surface area (TPSA) is 93.2 Å². The normalized spacial score (nSPS) is 10.3. The van der Waals surface area contributed by atoms with Gasteiger partial charge in [0.05, 0.1) is 12.7 Å². The van der Waals surface area contributed by atoms with Crippen molar-refractivity contribution >= 4 is 23.5 Å². The molecule has 1 amide bonds. The van der Waals surface area contributed by atoms with E-state index in [0.717, 1.165) is 0 Å². The molecule has 3 aromatic rings. The Balaban J connectivity index is 1.71. The van der Waals surface area contributed by atoms with E-state index in [4.69, 9.17) is 0 Å². The lowest BCUT2D eigenvalue weighted by molar-refractivity contribution is 0.0600. The number of esters is 1. The predicted octanol–water partition coefficient (Wildman–Crippen LogP) is 3.38. The third kappa shape index (κ3) is 5.13. The molecule has 0 saturated carbocycles. The molecule has 7 nitrogen and oxygen atoms in total. The first-order valence-corrected chi connectivity index (χ1v) is 8.79. The molecule has 3 rings (SSSR count). The van der Waals surface area contributed by atoms with Gasteiger partial charge in [0.25, 0.3) is 5.91 Å². The van der Waals surface area contributed by atoms with Crippen LogP contribution in [0.5, 0.6) is 0 Å². The summed E-state index contributed by atoms with van der Waals surface area (Å²) in [5.41, 5.74) is 2.18. The minimum absolute atomic E-state index is 0.0479. The summed E-state index contributed by atoms with van der Waals surface area (Å²) in [7, 11) is 1.31. The second-order valence-corrected chi connectivity index (χ2v) is 6.19. The number of aromatic nitrogens is 2. The molecule has 0 atom stereocenters. The molecule has 0 spiro atoms. The molecular formula is C21H19FN4O3. The van der Waals surface area contributed by atoms with Gasteiger partial charge in [-0.15, -0.1) is 0 Å². The lowest BCUT2D eigenvalue weighted by Gasteiger charge is -2.10. The number of methoxy groups -OCH3 is 1. The van der Waals surface area contributed by atoms with E-state index in [1.165, 1.54) is 13.2 Å². The number of hydrogen-bond acceptors (Lipinski definition) is 6. The van der Waals surface area contributed by atoms with E-state index in [0.29, 0.717) is 22.5 Å². The van der Waals surface area contributed by atoms with Gasteiger partial charge in [-0.2, -0.15) is 0 Å². The SMILES string of the molecule is COC(=O)c1ccc(Nc2nc(C)cc(C(=O)NCc3ccccc3F)n2)cc1.